The zero-order chi connectivity index (χ0) is 11.8. The molecule has 0 aliphatic carbocycles. The second-order valence-corrected chi connectivity index (χ2v) is 2.76. The van der Waals surface area contributed by atoms with Gasteiger partial charge in [0.2, 0.25) is 0 Å². The number of hydrazone groups is 1. The number of rotatable bonds is 4. The van der Waals surface area contributed by atoms with Crippen LogP contribution in [0, 0.1) is 0 Å². The number of nitrogens with one attached hydrogen (secondary N) is 2. The molecule has 84 valence electrons. The van der Waals surface area contributed by atoms with Crippen LogP contribution >= 0.6 is 0 Å². The fraction of sp³-hybridized carbons (Fsp3) is 0.500. The molecule has 0 saturated carbocycles. The van der Waals surface area contributed by atoms with E-state index < -0.39 is 17.8 Å². The molecule has 0 rings (SSSR count). The number of hydrogen-bond acceptors (Lipinski definition) is 4. The highest BCUT2D eigenvalue weighted by molar-refractivity contribution is 6.35. The van der Waals surface area contributed by atoms with Crippen LogP contribution in [-0.2, 0) is 14.4 Å². The molecule has 3 N–H and O–H groups in total. The zero-order valence-corrected chi connectivity index (χ0v) is 8.53. The standard InChI is InChI=1S/C8H13N3O4/c1-5(3-4-6(12)13)10-11-8(15)7(14)9-2/h3-4H2,1-2H3,(H,9,14)(H,11,15)(H,12,13)/b10-5+. The lowest BCUT2D eigenvalue weighted by Crippen LogP contribution is -2.35. The van der Waals surface area contributed by atoms with Gasteiger partial charge in [-0.1, -0.05) is 0 Å². The summed E-state index contributed by atoms with van der Waals surface area (Å²) >= 11 is 0. The number of nitrogens with zero attached hydrogens (tertiary/aromatic N) is 1. The van der Waals surface area contributed by atoms with E-state index in [9.17, 15) is 14.4 Å². The van der Waals surface area contributed by atoms with Gasteiger partial charge in [0.25, 0.3) is 0 Å². The Hall–Kier alpha value is -1.92. The molecular weight excluding hydrogens is 202 g/mol. The van der Waals surface area contributed by atoms with Crippen molar-refractivity contribution in [3.8, 4) is 0 Å². The number of carboxylic acids is 1. The average molecular weight is 215 g/mol. The van der Waals surface area contributed by atoms with Gasteiger partial charge in [0.15, 0.2) is 0 Å². The van der Waals surface area contributed by atoms with E-state index in [4.69, 9.17) is 5.11 Å². The van der Waals surface area contributed by atoms with Crippen molar-refractivity contribution in [3.05, 3.63) is 0 Å². The Balaban J connectivity index is 3.99. The van der Waals surface area contributed by atoms with Crippen LogP contribution in [0.2, 0.25) is 0 Å². The van der Waals surface area contributed by atoms with Gasteiger partial charge in [0.05, 0.1) is 6.42 Å². The van der Waals surface area contributed by atoms with Crippen LogP contribution in [0.25, 0.3) is 0 Å². The molecule has 0 aliphatic rings. The van der Waals surface area contributed by atoms with E-state index in [0.717, 1.165) is 0 Å². The van der Waals surface area contributed by atoms with Crippen molar-refractivity contribution < 1.29 is 19.5 Å². The van der Waals surface area contributed by atoms with E-state index in [1.54, 1.807) is 6.92 Å². The van der Waals surface area contributed by atoms with E-state index >= 15 is 0 Å². The molecule has 0 aromatic rings. The predicted molar refractivity (Wildman–Crippen MR) is 52.2 cm³/mol. The van der Waals surface area contributed by atoms with Gasteiger partial charge in [-0.25, -0.2) is 5.43 Å². The van der Waals surface area contributed by atoms with Crippen molar-refractivity contribution in [1.29, 1.82) is 0 Å². The lowest BCUT2D eigenvalue weighted by Gasteiger charge is -2.00. The van der Waals surface area contributed by atoms with Gasteiger partial charge in [-0.15, -0.1) is 0 Å². The van der Waals surface area contributed by atoms with Crippen LogP contribution in [-0.4, -0.2) is 35.6 Å². The third kappa shape index (κ3) is 6.19. The van der Waals surface area contributed by atoms with Crippen molar-refractivity contribution in [2.75, 3.05) is 7.05 Å². The quantitative estimate of drug-likeness (QED) is 0.320. The van der Waals surface area contributed by atoms with E-state index in [0.29, 0.717) is 5.71 Å². The molecule has 0 spiro atoms. The molecule has 7 heteroatoms. The van der Waals surface area contributed by atoms with Gasteiger partial charge in [-0.05, 0) is 13.3 Å². The van der Waals surface area contributed by atoms with Crippen molar-refractivity contribution in [2.24, 2.45) is 5.10 Å². The van der Waals surface area contributed by atoms with Crippen molar-refractivity contribution in [2.45, 2.75) is 19.8 Å². The average Bonchev–Trinajstić information content (AvgIpc) is 2.21. The van der Waals surface area contributed by atoms with Gasteiger partial charge in [-0.2, -0.15) is 5.10 Å². The highest BCUT2D eigenvalue weighted by Crippen LogP contribution is 1.91. The second kappa shape index (κ2) is 6.52. The Labute approximate surface area is 86.5 Å². The first-order valence-corrected chi connectivity index (χ1v) is 4.24. The Morgan fingerprint density at radius 2 is 1.80 bits per heavy atom. The fourth-order valence-electron chi connectivity index (χ4n) is 0.654. The van der Waals surface area contributed by atoms with E-state index in [1.165, 1.54) is 7.05 Å². The fourth-order valence-corrected chi connectivity index (χ4v) is 0.654. The molecule has 7 nitrogen and oxygen atoms in total. The molecule has 0 radical (unpaired) electrons. The maximum Gasteiger partial charge on any atom is 0.329 e. The highest BCUT2D eigenvalue weighted by atomic mass is 16.4. The predicted octanol–water partition coefficient (Wildman–Crippen LogP) is -0.911. The highest BCUT2D eigenvalue weighted by Gasteiger charge is 2.09. The molecule has 0 fully saturated rings. The molecule has 0 aromatic carbocycles. The number of carbonyl (C=O) groups excluding carboxylic acids is 2. The Morgan fingerprint density at radius 3 is 2.27 bits per heavy atom. The van der Waals surface area contributed by atoms with E-state index in [1.807, 2.05) is 5.43 Å². The van der Waals surface area contributed by atoms with Gasteiger partial charge >= 0.3 is 17.8 Å². The summed E-state index contributed by atoms with van der Waals surface area (Å²) in [6.45, 7) is 1.56. The van der Waals surface area contributed by atoms with Crippen molar-refractivity contribution >= 4 is 23.5 Å². The molecular formula is C8H13N3O4. The van der Waals surface area contributed by atoms with Crippen LogP contribution < -0.4 is 10.7 Å². The maximum absolute atomic E-state index is 10.9. The number of carbonyl (C=O) groups is 3. The van der Waals surface area contributed by atoms with Gasteiger partial charge in [0, 0.05) is 12.8 Å². The summed E-state index contributed by atoms with van der Waals surface area (Å²) in [6, 6.07) is 0. The molecule has 0 heterocycles. The summed E-state index contributed by atoms with van der Waals surface area (Å²) in [5, 5.41) is 14.0. The largest absolute Gasteiger partial charge is 0.481 e. The number of likely N-dealkylation sites (N-methyl/N-ethyl adjacent to an activating group) is 1. The van der Waals surface area contributed by atoms with Crippen LogP contribution in [0.3, 0.4) is 0 Å². The van der Waals surface area contributed by atoms with E-state index in [2.05, 4.69) is 10.4 Å². The molecule has 2 amide bonds. The molecule has 0 saturated heterocycles. The molecule has 0 bridgehead atoms. The molecule has 0 atom stereocenters. The number of carboxylic acid groups (broad SMARTS) is 1. The number of hydrogen-bond donors (Lipinski definition) is 3. The minimum atomic E-state index is -0.942. The number of aliphatic carboxylic acids is 1. The van der Waals surface area contributed by atoms with Crippen LogP contribution in [0.15, 0.2) is 5.10 Å². The third-order valence-electron chi connectivity index (χ3n) is 1.48. The topological polar surface area (TPSA) is 108 Å². The maximum atomic E-state index is 10.9. The van der Waals surface area contributed by atoms with Gasteiger partial charge in [-0.3, -0.25) is 14.4 Å². The van der Waals surface area contributed by atoms with Gasteiger partial charge in [0.1, 0.15) is 0 Å². The Kier molecular flexibility index (Phi) is 5.69. The minimum Gasteiger partial charge on any atom is -0.481 e. The molecule has 0 aliphatic heterocycles. The number of amides is 2. The third-order valence-corrected chi connectivity index (χ3v) is 1.48. The summed E-state index contributed by atoms with van der Waals surface area (Å²) < 4.78 is 0. The monoisotopic (exact) mass is 215 g/mol. The summed E-state index contributed by atoms with van der Waals surface area (Å²) in [7, 11) is 1.32. The Bertz CT molecular complexity index is 298. The summed E-state index contributed by atoms with van der Waals surface area (Å²) in [4.78, 5) is 31.8. The first kappa shape index (κ1) is 13.1. The van der Waals surface area contributed by atoms with Crippen LogP contribution in [0.4, 0.5) is 0 Å². The summed E-state index contributed by atoms with van der Waals surface area (Å²) in [6.07, 6.45) is 0.161. The van der Waals surface area contributed by atoms with Crippen molar-refractivity contribution in [3.63, 3.8) is 0 Å². The lowest BCUT2D eigenvalue weighted by molar-refractivity contribution is -0.138. The first-order valence-electron chi connectivity index (χ1n) is 4.24. The van der Waals surface area contributed by atoms with E-state index in [-0.39, 0.29) is 12.8 Å². The zero-order valence-electron chi connectivity index (χ0n) is 8.53. The minimum absolute atomic E-state index is 0.0643. The Morgan fingerprint density at radius 1 is 1.20 bits per heavy atom. The summed E-state index contributed by atoms with van der Waals surface area (Å²) in [5.41, 5.74) is 2.44. The molecule has 0 aromatic heterocycles. The normalized spacial score (nSPS) is 10.7. The lowest BCUT2D eigenvalue weighted by atomic mass is 10.2. The van der Waals surface area contributed by atoms with Crippen molar-refractivity contribution in [1.82, 2.24) is 10.7 Å². The van der Waals surface area contributed by atoms with Crippen LogP contribution in [0.1, 0.15) is 19.8 Å². The molecule has 0 unspecified atom stereocenters. The second-order valence-electron chi connectivity index (χ2n) is 2.76. The summed E-state index contributed by atoms with van der Waals surface area (Å²) in [5.74, 6) is -2.63. The molecule has 15 heavy (non-hydrogen) atoms. The van der Waals surface area contributed by atoms with Crippen LogP contribution in [0.5, 0.6) is 0 Å². The van der Waals surface area contributed by atoms with Gasteiger partial charge < -0.3 is 10.4 Å². The smallest absolute Gasteiger partial charge is 0.329 e. The first-order chi connectivity index (χ1) is 6.97. The SMILES string of the molecule is CNC(=O)C(=O)N/N=C(\C)CCC(=O)O.